The molecule has 3 aromatic carbocycles. The second kappa shape index (κ2) is 10.8. The Morgan fingerprint density at radius 1 is 0.935 bits per heavy atom. The molecule has 6 heteroatoms. The molecule has 0 aliphatic heterocycles. The predicted molar refractivity (Wildman–Crippen MR) is 121 cm³/mol. The number of hydrazone groups is 1. The second-order valence-corrected chi connectivity index (χ2v) is 7.01. The van der Waals surface area contributed by atoms with Crippen molar-refractivity contribution in [1.82, 2.24) is 5.43 Å². The summed E-state index contributed by atoms with van der Waals surface area (Å²) in [7, 11) is 1.58. The maximum absolute atomic E-state index is 12.0. The molecule has 3 rings (SSSR count). The number of aryl methyl sites for hydroxylation is 2. The minimum absolute atomic E-state index is 0.116. The average Bonchev–Trinajstić information content (AvgIpc) is 2.79. The van der Waals surface area contributed by atoms with Gasteiger partial charge in [-0.25, -0.2) is 5.43 Å². The fourth-order valence-corrected chi connectivity index (χ4v) is 2.78. The summed E-state index contributed by atoms with van der Waals surface area (Å²) in [6.07, 6.45) is 1.54. The van der Waals surface area contributed by atoms with Crippen LogP contribution >= 0.6 is 0 Å². The molecular weight excluding hydrogens is 392 g/mol. The SMILES string of the molecule is COc1cc(/C=N\NC(=O)COc2ccc(C)c(C)c2)ccc1OCc1ccccc1. The van der Waals surface area contributed by atoms with Gasteiger partial charge in [-0.3, -0.25) is 4.79 Å². The summed E-state index contributed by atoms with van der Waals surface area (Å²) in [5.74, 6) is 1.53. The van der Waals surface area contributed by atoms with Gasteiger partial charge in [0.25, 0.3) is 5.91 Å². The lowest BCUT2D eigenvalue weighted by molar-refractivity contribution is -0.123. The zero-order valence-electron chi connectivity index (χ0n) is 17.9. The number of carbonyl (C=O) groups is 1. The van der Waals surface area contributed by atoms with Crippen molar-refractivity contribution in [2.75, 3.05) is 13.7 Å². The number of hydrogen-bond donors (Lipinski definition) is 1. The summed E-state index contributed by atoms with van der Waals surface area (Å²) in [5, 5.41) is 3.98. The molecule has 0 radical (unpaired) electrons. The van der Waals surface area contributed by atoms with Gasteiger partial charge in [0.2, 0.25) is 0 Å². The van der Waals surface area contributed by atoms with Crippen LogP contribution in [-0.4, -0.2) is 25.8 Å². The van der Waals surface area contributed by atoms with Crippen LogP contribution < -0.4 is 19.6 Å². The van der Waals surface area contributed by atoms with Gasteiger partial charge in [0.15, 0.2) is 18.1 Å². The number of nitrogens with one attached hydrogen (secondary N) is 1. The summed E-state index contributed by atoms with van der Waals surface area (Å²) >= 11 is 0. The van der Waals surface area contributed by atoms with E-state index >= 15 is 0 Å². The van der Waals surface area contributed by atoms with E-state index in [0.717, 1.165) is 16.7 Å². The number of amides is 1. The topological polar surface area (TPSA) is 69.2 Å². The highest BCUT2D eigenvalue weighted by atomic mass is 16.5. The molecular formula is C25H26N2O4. The standard InChI is InChI=1S/C25H26N2O4/c1-18-9-11-22(13-19(18)2)30-17-25(28)27-26-15-21-10-12-23(24(14-21)29-3)31-16-20-7-5-4-6-8-20/h4-15H,16-17H2,1-3H3,(H,27,28)/b26-15-. The van der Waals surface area contributed by atoms with Crippen LogP contribution in [0, 0.1) is 13.8 Å². The molecule has 0 spiro atoms. The minimum atomic E-state index is -0.343. The van der Waals surface area contributed by atoms with Gasteiger partial charge in [0.1, 0.15) is 12.4 Å². The number of ether oxygens (including phenoxy) is 3. The van der Waals surface area contributed by atoms with Crippen LogP contribution in [0.15, 0.2) is 71.8 Å². The van der Waals surface area contributed by atoms with E-state index in [9.17, 15) is 4.79 Å². The summed E-state index contributed by atoms with van der Waals surface area (Å²) in [6.45, 7) is 4.35. The van der Waals surface area contributed by atoms with Gasteiger partial charge in [0.05, 0.1) is 13.3 Å². The van der Waals surface area contributed by atoms with Gasteiger partial charge in [0, 0.05) is 0 Å². The van der Waals surface area contributed by atoms with E-state index < -0.39 is 0 Å². The third-order valence-electron chi connectivity index (χ3n) is 4.68. The van der Waals surface area contributed by atoms with Crippen molar-refractivity contribution in [3.05, 3.63) is 89.0 Å². The van der Waals surface area contributed by atoms with Crippen LogP contribution in [-0.2, 0) is 11.4 Å². The number of rotatable bonds is 9. The molecule has 0 unspecified atom stereocenters. The van der Waals surface area contributed by atoms with Crippen LogP contribution in [0.3, 0.4) is 0 Å². The Labute approximate surface area is 182 Å². The Morgan fingerprint density at radius 3 is 2.48 bits per heavy atom. The molecule has 0 aliphatic carbocycles. The van der Waals surface area contributed by atoms with E-state index in [4.69, 9.17) is 14.2 Å². The minimum Gasteiger partial charge on any atom is -0.493 e. The highest BCUT2D eigenvalue weighted by Crippen LogP contribution is 2.28. The number of hydrogen-bond acceptors (Lipinski definition) is 5. The lowest BCUT2D eigenvalue weighted by Gasteiger charge is -2.11. The van der Waals surface area contributed by atoms with Gasteiger partial charge >= 0.3 is 0 Å². The fourth-order valence-electron chi connectivity index (χ4n) is 2.78. The molecule has 6 nitrogen and oxygen atoms in total. The smallest absolute Gasteiger partial charge is 0.277 e. The molecule has 0 heterocycles. The second-order valence-electron chi connectivity index (χ2n) is 7.01. The summed E-state index contributed by atoms with van der Waals surface area (Å²) in [6, 6.07) is 21.0. The van der Waals surface area contributed by atoms with Gasteiger partial charge in [-0.05, 0) is 66.4 Å². The fraction of sp³-hybridized carbons (Fsp3) is 0.200. The maximum atomic E-state index is 12.0. The van der Waals surface area contributed by atoms with E-state index in [1.165, 1.54) is 11.8 Å². The zero-order chi connectivity index (χ0) is 22.1. The van der Waals surface area contributed by atoms with E-state index in [2.05, 4.69) is 10.5 Å². The van der Waals surface area contributed by atoms with Gasteiger partial charge < -0.3 is 14.2 Å². The zero-order valence-corrected chi connectivity index (χ0v) is 17.9. The van der Waals surface area contributed by atoms with Crippen molar-refractivity contribution in [3.8, 4) is 17.2 Å². The first-order valence-corrected chi connectivity index (χ1v) is 9.92. The van der Waals surface area contributed by atoms with Crippen molar-refractivity contribution < 1.29 is 19.0 Å². The molecule has 160 valence electrons. The van der Waals surface area contributed by atoms with E-state index in [-0.39, 0.29) is 12.5 Å². The highest BCUT2D eigenvalue weighted by molar-refractivity contribution is 5.83. The average molecular weight is 418 g/mol. The van der Waals surface area contributed by atoms with Crippen LogP contribution in [0.25, 0.3) is 0 Å². The van der Waals surface area contributed by atoms with Crippen molar-refractivity contribution in [3.63, 3.8) is 0 Å². The monoisotopic (exact) mass is 418 g/mol. The van der Waals surface area contributed by atoms with Crippen molar-refractivity contribution in [1.29, 1.82) is 0 Å². The van der Waals surface area contributed by atoms with Crippen LogP contribution in [0.5, 0.6) is 17.2 Å². The first-order valence-electron chi connectivity index (χ1n) is 9.92. The molecule has 0 fully saturated rings. The van der Waals surface area contributed by atoms with Crippen LogP contribution in [0.1, 0.15) is 22.3 Å². The lowest BCUT2D eigenvalue weighted by Crippen LogP contribution is -2.24. The summed E-state index contributed by atoms with van der Waals surface area (Å²) in [4.78, 5) is 12.0. The van der Waals surface area contributed by atoms with Crippen LogP contribution in [0.2, 0.25) is 0 Å². The molecule has 0 aromatic heterocycles. The number of benzene rings is 3. The molecule has 0 bridgehead atoms. The van der Waals surface area contributed by atoms with Crippen LogP contribution in [0.4, 0.5) is 0 Å². The molecule has 31 heavy (non-hydrogen) atoms. The molecule has 1 N–H and O–H groups in total. The van der Waals surface area contributed by atoms with Crippen molar-refractivity contribution in [2.24, 2.45) is 5.10 Å². The van der Waals surface area contributed by atoms with Gasteiger partial charge in [-0.15, -0.1) is 0 Å². The largest absolute Gasteiger partial charge is 0.493 e. The molecule has 3 aromatic rings. The molecule has 0 saturated heterocycles. The first-order chi connectivity index (χ1) is 15.0. The van der Waals surface area contributed by atoms with Crippen molar-refractivity contribution in [2.45, 2.75) is 20.5 Å². The lowest BCUT2D eigenvalue weighted by atomic mass is 10.1. The normalized spacial score (nSPS) is 10.7. The van der Waals surface area contributed by atoms with Gasteiger partial charge in [-0.1, -0.05) is 36.4 Å². The van der Waals surface area contributed by atoms with Crippen molar-refractivity contribution >= 4 is 12.1 Å². The number of nitrogens with zero attached hydrogens (tertiary/aromatic N) is 1. The Bertz CT molecular complexity index is 1050. The number of methoxy groups -OCH3 is 1. The Hall–Kier alpha value is -3.80. The molecule has 1 amide bonds. The Balaban J connectivity index is 1.51. The van der Waals surface area contributed by atoms with E-state index in [0.29, 0.717) is 23.9 Å². The third kappa shape index (κ3) is 6.60. The Kier molecular flexibility index (Phi) is 7.65. The first kappa shape index (κ1) is 21.9. The quantitative estimate of drug-likeness (QED) is 0.413. The highest BCUT2D eigenvalue weighted by Gasteiger charge is 2.06. The molecule has 0 saturated carbocycles. The van der Waals surface area contributed by atoms with Gasteiger partial charge in [-0.2, -0.15) is 5.10 Å². The number of carbonyl (C=O) groups excluding carboxylic acids is 1. The maximum Gasteiger partial charge on any atom is 0.277 e. The Morgan fingerprint density at radius 2 is 1.74 bits per heavy atom. The third-order valence-corrected chi connectivity index (χ3v) is 4.68. The predicted octanol–water partition coefficient (Wildman–Crippen LogP) is 4.42. The molecule has 0 atom stereocenters. The molecule has 0 aliphatic rings. The van der Waals surface area contributed by atoms with E-state index in [1.54, 1.807) is 13.2 Å². The summed E-state index contributed by atoms with van der Waals surface area (Å²) < 4.78 is 16.8. The van der Waals surface area contributed by atoms with E-state index in [1.807, 2.05) is 74.5 Å². The summed E-state index contributed by atoms with van der Waals surface area (Å²) in [5.41, 5.74) is 6.58.